The highest BCUT2D eigenvalue weighted by atomic mass is 19.1. The summed E-state index contributed by atoms with van der Waals surface area (Å²) in [5, 5.41) is 6.92. The van der Waals surface area contributed by atoms with Gasteiger partial charge in [-0.15, -0.1) is 0 Å². The van der Waals surface area contributed by atoms with Crippen molar-refractivity contribution in [3.05, 3.63) is 46.3 Å². The van der Waals surface area contributed by atoms with Crippen LogP contribution in [0.3, 0.4) is 0 Å². The minimum absolute atomic E-state index is 0.224. The Labute approximate surface area is 122 Å². The van der Waals surface area contributed by atoms with E-state index in [9.17, 15) is 9.18 Å². The smallest absolute Gasteiger partial charge is 0.337 e. The molecule has 0 radical (unpaired) electrons. The molecule has 0 spiro atoms. The number of H-pyrrole nitrogens is 1. The van der Waals surface area contributed by atoms with Gasteiger partial charge in [-0.05, 0) is 36.6 Å². The van der Waals surface area contributed by atoms with E-state index >= 15 is 0 Å². The van der Waals surface area contributed by atoms with E-state index in [0.717, 1.165) is 23.6 Å². The van der Waals surface area contributed by atoms with Crippen LogP contribution in [-0.2, 0) is 24.0 Å². The maximum Gasteiger partial charge on any atom is 0.337 e. The number of carbonyl (C=O) groups excluding carboxylic acids is 1. The zero-order valence-electron chi connectivity index (χ0n) is 12.4. The van der Waals surface area contributed by atoms with Gasteiger partial charge in [-0.25, -0.2) is 14.2 Å². The maximum atomic E-state index is 13.9. The van der Waals surface area contributed by atoms with Crippen LogP contribution < -0.4 is 0 Å². The van der Waals surface area contributed by atoms with Crippen molar-refractivity contribution in [3.8, 4) is 0 Å². The number of aromatic amines is 1. The lowest BCUT2D eigenvalue weighted by Gasteiger charge is -2.08. The first-order valence-electron chi connectivity index (χ1n) is 6.82. The number of hydrogen-bond acceptors (Lipinski definition) is 4. The van der Waals surface area contributed by atoms with Gasteiger partial charge in [0, 0.05) is 12.8 Å². The first-order chi connectivity index (χ1) is 10.0. The molecule has 0 amide bonds. The summed E-state index contributed by atoms with van der Waals surface area (Å²) in [6, 6.07) is 2.87. The van der Waals surface area contributed by atoms with Crippen LogP contribution in [-0.4, -0.2) is 28.3 Å². The second-order valence-corrected chi connectivity index (χ2v) is 4.79. The number of ether oxygens (including phenoxy) is 1. The Hall–Kier alpha value is -2.24. The fourth-order valence-electron chi connectivity index (χ4n) is 2.09. The van der Waals surface area contributed by atoms with Gasteiger partial charge in [0.2, 0.25) is 0 Å². The van der Waals surface area contributed by atoms with E-state index in [1.54, 1.807) is 13.0 Å². The van der Waals surface area contributed by atoms with Crippen LogP contribution in [0.2, 0.25) is 0 Å². The topological polar surface area (TPSA) is 67.9 Å². The number of hydrogen-bond donors (Lipinski definition) is 1. The highest BCUT2D eigenvalue weighted by Crippen LogP contribution is 2.18. The molecule has 1 aromatic heterocycles. The Kier molecular flexibility index (Phi) is 4.67. The molecule has 0 atom stereocenters. The van der Waals surface area contributed by atoms with Crippen molar-refractivity contribution in [2.75, 3.05) is 7.11 Å². The monoisotopic (exact) mass is 291 g/mol. The van der Waals surface area contributed by atoms with E-state index < -0.39 is 11.8 Å². The van der Waals surface area contributed by atoms with Crippen molar-refractivity contribution in [1.29, 1.82) is 0 Å². The maximum absolute atomic E-state index is 13.9. The van der Waals surface area contributed by atoms with E-state index in [4.69, 9.17) is 0 Å². The van der Waals surface area contributed by atoms with Gasteiger partial charge < -0.3 is 4.74 Å². The Balaban J connectivity index is 2.18. The number of nitrogens with zero attached hydrogens (tertiary/aromatic N) is 2. The van der Waals surface area contributed by atoms with Gasteiger partial charge in [0.1, 0.15) is 17.5 Å². The predicted molar refractivity (Wildman–Crippen MR) is 75.6 cm³/mol. The number of esters is 1. The molecule has 112 valence electrons. The molecule has 0 aliphatic heterocycles. The van der Waals surface area contributed by atoms with E-state index in [2.05, 4.69) is 19.9 Å². The molecule has 0 bridgehead atoms. The third kappa shape index (κ3) is 3.45. The largest absolute Gasteiger partial charge is 0.465 e. The molecule has 1 N–H and O–H groups in total. The molecular formula is C15H18FN3O2. The lowest BCUT2D eigenvalue weighted by molar-refractivity contribution is 0.0600. The van der Waals surface area contributed by atoms with Crippen molar-refractivity contribution in [1.82, 2.24) is 15.2 Å². The van der Waals surface area contributed by atoms with Crippen LogP contribution in [0, 0.1) is 12.7 Å². The Morgan fingerprint density at radius 3 is 2.76 bits per heavy atom. The summed E-state index contributed by atoms with van der Waals surface area (Å²) in [4.78, 5) is 15.8. The first-order valence-corrected chi connectivity index (χ1v) is 6.82. The molecule has 2 rings (SSSR count). The SMILES string of the molecule is CCc1n[nH]c(CCc2cc(C(=O)OC)cc(F)c2C)n1. The van der Waals surface area contributed by atoms with Crippen LogP contribution >= 0.6 is 0 Å². The fraction of sp³-hybridized carbons (Fsp3) is 0.400. The number of aryl methyl sites for hydroxylation is 3. The van der Waals surface area contributed by atoms with Gasteiger partial charge in [-0.3, -0.25) is 5.10 Å². The van der Waals surface area contributed by atoms with E-state index in [0.29, 0.717) is 18.4 Å². The zero-order chi connectivity index (χ0) is 15.4. The minimum Gasteiger partial charge on any atom is -0.465 e. The van der Waals surface area contributed by atoms with Gasteiger partial charge in [-0.1, -0.05) is 6.92 Å². The third-order valence-corrected chi connectivity index (χ3v) is 3.40. The molecule has 0 aliphatic rings. The zero-order valence-corrected chi connectivity index (χ0v) is 12.4. The third-order valence-electron chi connectivity index (χ3n) is 3.40. The summed E-state index contributed by atoms with van der Waals surface area (Å²) >= 11 is 0. The molecule has 0 aliphatic carbocycles. The fourth-order valence-corrected chi connectivity index (χ4v) is 2.09. The van der Waals surface area contributed by atoms with E-state index in [1.165, 1.54) is 13.2 Å². The average molecular weight is 291 g/mol. The van der Waals surface area contributed by atoms with Crippen molar-refractivity contribution >= 4 is 5.97 Å². The summed E-state index contributed by atoms with van der Waals surface area (Å²) in [7, 11) is 1.28. The van der Waals surface area contributed by atoms with Crippen molar-refractivity contribution in [2.24, 2.45) is 0 Å². The number of halogens is 1. The van der Waals surface area contributed by atoms with Gasteiger partial charge in [0.05, 0.1) is 12.7 Å². The Morgan fingerprint density at radius 2 is 2.14 bits per heavy atom. The highest BCUT2D eigenvalue weighted by Gasteiger charge is 2.13. The van der Waals surface area contributed by atoms with Crippen LogP contribution in [0.1, 0.15) is 40.1 Å². The van der Waals surface area contributed by atoms with Gasteiger partial charge in [0.25, 0.3) is 0 Å². The van der Waals surface area contributed by atoms with E-state index in [-0.39, 0.29) is 5.56 Å². The molecule has 1 aromatic carbocycles. The second kappa shape index (κ2) is 6.47. The molecule has 5 nitrogen and oxygen atoms in total. The van der Waals surface area contributed by atoms with Crippen LogP contribution in [0.4, 0.5) is 4.39 Å². The predicted octanol–water partition coefficient (Wildman–Crippen LogP) is 2.39. The number of methoxy groups -OCH3 is 1. The molecule has 0 unspecified atom stereocenters. The van der Waals surface area contributed by atoms with Gasteiger partial charge in [0.15, 0.2) is 0 Å². The lowest BCUT2D eigenvalue weighted by atomic mass is 10.00. The van der Waals surface area contributed by atoms with Gasteiger partial charge >= 0.3 is 5.97 Å². The molecule has 1 heterocycles. The molecule has 2 aromatic rings. The van der Waals surface area contributed by atoms with Crippen LogP contribution in [0.25, 0.3) is 0 Å². The number of aromatic nitrogens is 3. The van der Waals surface area contributed by atoms with E-state index in [1.807, 2.05) is 6.92 Å². The summed E-state index contributed by atoms with van der Waals surface area (Å²) < 4.78 is 18.5. The molecule has 0 saturated carbocycles. The molecule has 0 fully saturated rings. The molecule has 0 saturated heterocycles. The lowest BCUT2D eigenvalue weighted by Crippen LogP contribution is -2.06. The summed E-state index contributed by atoms with van der Waals surface area (Å²) in [6.45, 7) is 3.68. The number of benzene rings is 1. The Bertz CT molecular complexity index is 652. The normalized spacial score (nSPS) is 10.7. The van der Waals surface area contributed by atoms with Gasteiger partial charge in [-0.2, -0.15) is 5.10 Å². The summed E-state index contributed by atoms with van der Waals surface area (Å²) in [5.41, 5.74) is 1.53. The highest BCUT2D eigenvalue weighted by molar-refractivity contribution is 5.89. The molecular weight excluding hydrogens is 273 g/mol. The summed E-state index contributed by atoms with van der Waals surface area (Å²) in [5.74, 6) is 0.578. The molecule has 6 heteroatoms. The number of rotatable bonds is 5. The quantitative estimate of drug-likeness (QED) is 0.859. The average Bonchev–Trinajstić information content (AvgIpc) is 2.95. The number of nitrogens with one attached hydrogen (secondary N) is 1. The summed E-state index contributed by atoms with van der Waals surface area (Å²) in [6.07, 6.45) is 1.95. The Morgan fingerprint density at radius 1 is 1.38 bits per heavy atom. The van der Waals surface area contributed by atoms with Crippen molar-refractivity contribution in [2.45, 2.75) is 33.1 Å². The van der Waals surface area contributed by atoms with Crippen LogP contribution in [0.5, 0.6) is 0 Å². The first kappa shape index (κ1) is 15.2. The minimum atomic E-state index is -0.539. The second-order valence-electron chi connectivity index (χ2n) is 4.79. The number of carbonyl (C=O) groups is 1. The molecule has 21 heavy (non-hydrogen) atoms. The van der Waals surface area contributed by atoms with Crippen LogP contribution in [0.15, 0.2) is 12.1 Å². The van der Waals surface area contributed by atoms with Crippen molar-refractivity contribution < 1.29 is 13.9 Å². The van der Waals surface area contributed by atoms with Crippen molar-refractivity contribution in [3.63, 3.8) is 0 Å². The standard InChI is InChI=1S/C15H18FN3O2/c1-4-13-17-14(19-18-13)6-5-10-7-11(15(20)21-3)8-12(16)9(10)2/h7-8H,4-6H2,1-3H3,(H,17,18,19).